The van der Waals surface area contributed by atoms with Gasteiger partial charge in [0.05, 0.1) is 5.52 Å². The highest BCUT2D eigenvalue weighted by molar-refractivity contribution is 6.29. The van der Waals surface area contributed by atoms with Gasteiger partial charge in [-0.3, -0.25) is 0 Å². The first-order valence-electron chi connectivity index (χ1n) is 5.92. The van der Waals surface area contributed by atoms with Crippen LogP contribution in [0.25, 0.3) is 11.0 Å². The van der Waals surface area contributed by atoms with Crippen molar-refractivity contribution < 1.29 is 0 Å². The summed E-state index contributed by atoms with van der Waals surface area (Å²) in [6.45, 7) is 3.05. The van der Waals surface area contributed by atoms with Crippen molar-refractivity contribution in [2.45, 2.75) is 19.8 Å². The van der Waals surface area contributed by atoms with E-state index in [4.69, 9.17) is 17.3 Å². The second-order valence-electron chi connectivity index (χ2n) is 4.18. The zero-order chi connectivity index (χ0) is 13.1. The molecule has 2 aromatic heterocycles. The zero-order valence-corrected chi connectivity index (χ0v) is 11.3. The van der Waals surface area contributed by atoms with E-state index < -0.39 is 0 Å². The van der Waals surface area contributed by atoms with Crippen LogP contribution in [0.5, 0.6) is 0 Å². The molecule has 0 atom stereocenters. The maximum Gasteiger partial charge on any atom is 0.222 e. The molecule has 96 valence electrons. The first kappa shape index (κ1) is 12.8. The average molecular weight is 266 g/mol. The third-order valence-corrected chi connectivity index (χ3v) is 2.93. The van der Waals surface area contributed by atoms with Gasteiger partial charge in [0.1, 0.15) is 10.7 Å². The van der Waals surface area contributed by atoms with E-state index in [0.29, 0.717) is 16.2 Å². The molecule has 0 bridgehead atoms. The van der Waals surface area contributed by atoms with E-state index in [0.717, 1.165) is 25.2 Å². The maximum atomic E-state index is 5.92. The van der Waals surface area contributed by atoms with Crippen LogP contribution in [-0.2, 0) is 0 Å². The molecule has 0 fully saturated rings. The Morgan fingerprint density at radius 3 is 2.78 bits per heavy atom. The van der Waals surface area contributed by atoms with Crippen LogP contribution in [0.3, 0.4) is 0 Å². The van der Waals surface area contributed by atoms with Gasteiger partial charge in [-0.2, -0.15) is 4.98 Å². The summed E-state index contributed by atoms with van der Waals surface area (Å²) in [7, 11) is 1.97. The van der Waals surface area contributed by atoms with Crippen LogP contribution in [-0.4, -0.2) is 28.5 Å². The van der Waals surface area contributed by atoms with Crippen LogP contribution in [0.4, 0.5) is 11.8 Å². The van der Waals surface area contributed by atoms with Crippen molar-refractivity contribution in [2.24, 2.45) is 0 Å². The van der Waals surface area contributed by atoms with Gasteiger partial charge in [-0.25, -0.2) is 9.97 Å². The van der Waals surface area contributed by atoms with Gasteiger partial charge in [0, 0.05) is 13.6 Å². The van der Waals surface area contributed by atoms with Crippen LogP contribution in [0, 0.1) is 0 Å². The molecule has 6 heteroatoms. The molecular weight excluding hydrogens is 250 g/mol. The molecule has 2 N–H and O–H groups in total. The molecule has 5 nitrogen and oxygen atoms in total. The normalized spacial score (nSPS) is 10.8. The smallest absolute Gasteiger partial charge is 0.222 e. The monoisotopic (exact) mass is 265 g/mol. The summed E-state index contributed by atoms with van der Waals surface area (Å²) in [5.41, 5.74) is 7.12. The summed E-state index contributed by atoms with van der Waals surface area (Å²) >= 11 is 5.92. The number of nitrogens with zero attached hydrogens (tertiary/aromatic N) is 4. The number of fused-ring (bicyclic) bond motifs is 1. The van der Waals surface area contributed by atoms with E-state index >= 15 is 0 Å². The Hall–Kier alpha value is -1.62. The van der Waals surface area contributed by atoms with Crippen molar-refractivity contribution in [3.05, 3.63) is 17.3 Å². The zero-order valence-electron chi connectivity index (χ0n) is 10.5. The highest BCUT2D eigenvalue weighted by atomic mass is 35.5. The quantitative estimate of drug-likeness (QED) is 0.861. The third-order valence-electron chi connectivity index (χ3n) is 2.72. The molecule has 0 saturated heterocycles. The summed E-state index contributed by atoms with van der Waals surface area (Å²) < 4.78 is 0. The second-order valence-corrected chi connectivity index (χ2v) is 4.57. The van der Waals surface area contributed by atoms with Crippen molar-refractivity contribution >= 4 is 34.4 Å². The molecule has 2 aromatic rings. The van der Waals surface area contributed by atoms with Crippen molar-refractivity contribution in [3.63, 3.8) is 0 Å². The Balaban J connectivity index is 2.50. The van der Waals surface area contributed by atoms with Gasteiger partial charge in [0.2, 0.25) is 5.95 Å². The Kier molecular flexibility index (Phi) is 3.81. The number of hydrogen-bond acceptors (Lipinski definition) is 5. The molecule has 0 spiro atoms. The molecule has 2 rings (SSSR count). The lowest BCUT2D eigenvalue weighted by Crippen LogP contribution is -2.21. The van der Waals surface area contributed by atoms with E-state index in [2.05, 4.69) is 21.9 Å². The van der Waals surface area contributed by atoms with Gasteiger partial charge < -0.3 is 10.6 Å². The van der Waals surface area contributed by atoms with Crippen LogP contribution in [0.15, 0.2) is 12.1 Å². The Morgan fingerprint density at radius 1 is 1.28 bits per heavy atom. The highest BCUT2D eigenvalue weighted by Crippen LogP contribution is 2.23. The number of unbranched alkanes of at least 4 members (excludes halogenated alkanes) is 1. The molecule has 2 heterocycles. The van der Waals surface area contributed by atoms with Crippen LogP contribution in [0.1, 0.15) is 19.8 Å². The number of halogens is 1. The van der Waals surface area contributed by atoms with Crippen LogP contribution in [0.2, 0.25) is 5.15 Å². The SMILES string of the molecule is CCCCN(C)c1nc(N)nc2ccc(Cl)nc12. The van der Waals surface area contributed by atoms with E-state index in [-0.39, 0.29) is 5.95 Å². The molecule has 0 aliphatic rings. The minimum Gasteiger partial charge on any atom is -0.368 e. The fourth-order valence-electron chi connectivity index (χ4n) is 1.76. The van der Waals surface area contributed by atoms with Crippen molar-refractivity contribution in [2.75, 3.05) is 24.2 Å². The molecule has 0 aromatic carbocycles. The van der Waals surface area contributed by atoms with Crippen molar-refractivity contribution in [1.29, 1.82) is 0 Å². The van der Waals surface area contributed by atoms with Crippen LogP contribution >= 0.6 is 11.6 Å². The number of aromatic nitrogens is 3. The number of rotatable bonds is 4. The van der Waals surface area contributed by atoms with Crippen molar-refractivity contribution in [1.82, 2.24) is 15.0 Å². The summed E-state index contributed by atoms with van der Waals surface area (Å²) in [6, 6.07) is 3.51. The number of nitrogens with two attached hydrogens (primary N) is 1. The highest BCUT2D eigenvalue weighted by Gasteiger charge is 2.12. The fraction of sp³-hybridized carbons (Fsp3) is 0.417. The molecule has 0 radical (unpaired) electrons. The minimum atomic E-state index is 0.255. The van der Waals surface area contributed by atoms with Gasteiger partial charge in [0.15, 0.2) is 5.82 Å². The summed E-state index contributed by atoms with van der Waals surface area (Å²) in [6.07, 6.45) is 2.21. The standard InChI is InChI=1S/C12H16ClN5/c1-3-4-7-18(2)11-10-8(15-12(14)17-11)5-6-9(13)16-10/h5-6H,3-4,7H2,1-2H3,(H2,14,15,17). The topological polar surface area (TPSA) is 67.9 Å². The Labute approximate surface area is 111 Å². The lowest BCUT2D eigenvalue weighted by atomic mass is 10.3. The van der Waals surface area contributed by atoms with Gasteiger partial charge >= 0.3 is 0 Å². The second kappa shape index (κ2) is 5.35. The molecule has 18 heavy (non-hydrogen) atoms. The Bertz CT molecular complexity index is 557. The molecule has 0 aliphatic carbocycles. The maximum absolute atomic E-state index is 5.92. The molecular formula is C12H16ClN5. The van der Waals surface area contributed by atoms with Crippen molar-refractivity contribution in [3.8, 4) is 0 Å². The molecule has 0 saturated carbocycles. The minimum absolute atomic E-state index is 0.255. The number of hydrogen-bond donors (Lipinski definition) is 1. The fourth-order valence-corrected chi connectivity index (χ4v) is 1.91. The average Bonchev–Trinajstić information content (AvgIpc) is 2.35. The third kappa shape index (κ3) is 2.61. The van der Waals surface area contributed by atoms with E-state index in [1.165, 1.54) is 0 Å². The van der Waals surface area contributed by atoms with Crippen LogP contribution < -0.4 is 10.6 Å². The largest absolute Gasteiger partial charge is 0.368 e. The first-order valence-corrected chi connectivity index (χ1v) is 6.30. The molecule has 0 aliphatic heterocycles. The van der Waals surface area contributed by atoms with Gasteiger partial charge in [-0.05, 0) is 18.6 Å². The number of anilines is 2. The van der Waals surface area contributed by atoms with Gasteiger partial charge in [-0.1, -0.05) is 24.9 Å². The predicted molar refractivity (Wildman–Crippen MR) is 74.9 cm³/mol. The predicted octanol–water partition coefficient (Wildman–Crippen LogP) is 2.50. The van der Waals surface area contributed by atoms with Gasteiger partial charge in [0.25, 0.3) is 0 Å². The number of nitrogen functional groups attached to an aromatic ring is 1. The lowest BCUT2D eigenvalue weighted by Gasteiger charge is -2.19. The summed E-state index contributed by atoms with van der Waals surface area (Å²) in [5, 5.41) is 0.431. The number of pyridine rings is 1. The summed E-state index contributed by atoms with van der Waals surface area (Å²) in [4.78, 5) is 14.7. The first-order chi connectivity index (χ1) is 8.61. The van der Waals surface area contributed by atoms with E-state index in [1.54, 1.807) is 12.1 Å². The summed E-state index contributed by atoms with van der Waals surface area (Å²) in [5.74, 6) is 0.985. The van der Waals surface area contributed by atoms with E-state index in [1.807, 2.05) is 11.9 Å². The Morgan fingerprint density at radius 2 is 2.06 bits per heavy atom. The lowest BCUT2D eigenvalue weighted by molar-refractivity contribution is 0.761. The van der Waals surface area contributed by atoms with E-state index in [9.17, 15) is 0 Å². The molecule has 0 amide bonds. The molecule has 0 unspecified atom stereocenters. The van der Waals surface area contributed by atoms with Gasteiger partial charge in [-0.15, -0.1) is 0 Å².